The second kappa shape index (κ2) is 14.2. The van der Waals surface area contributed by atoms with Crippen LogP contribution in [0.15, 0.2) is 18.2 Å². The average molecular weight is 491 g/mol. The van der Waals surface area contributed by atoms with Gasteiger partial charge in [0.05, 0.1) is 12.2 Å². The van der Waals surface area contributed by atoms with Gasteiger partial charge in [-0.15, -0.1) is 0 Å². The van der Waals surface area contributed by atoms with Crippen LogP contribution in [0.2, 0.25) is 0 Å². The highest BCUT2D eigenvalue weighted by molar-refractivity contribution is 5.71. The van der Waals surface area contributed by atoms with Gasteiger partial charge in [0.25, 0.3) is 0 Å². The molecule has 5 heteroatoms. The van der Waals surface area contributed by atoms with Gasteiger partial charge in [-0.25, -0.2) is 4.79 Å². The quantitative estimate of drug-likeness (QED) is 0.238. The van der Waals surface area contributed by atoms with Crippen molar-refractivity contribution >= 4 is 5.97 Å². The molecule has 0 aliphatic heterocycles. The van der Waals surface area contributed by atoms with Crippen molar-refractivity contribution in [2.75, 3.05) is 6.61 Å². The fourth-order valence-electron chi connectivity index (χ4n) is 5.13. The standard InChI is InChI=1S/C30H50O5/c1-7-9-10-13-24(31)16-17-26-23(15-18-27(26)32)19-22-12-11-14-28(25(22)8-2)34-20-29(33)35-21(3)30(4,5)6/h11-12,14,21,23-24,26-27,31-32H,7-10,13,15-20H2,1-6H3/t21?,23-,24+,26-,27-/m1/s1. The van der Waals surface area contributed by atoms with E-state index >= 15 is 0 Å². The third-order valence-electron chi connectivity index (χ3n) is 7.85. The summed E-state index contributed by atoms with van der Waals surface area (Å²) in [6.07, 6.45) is 8.69. The SMILES string of the molecule is CCCCC[C@H](O)CC[C@@H]1[C@@H](Cc2cccc(OCC(=O)OC(C)C(C)(C)C)c2CC)CC[C@H]1O. The third-order valence-corrected chi connectivity index (χ3v) is 7.85. The molecule has 1 unspecified atom stereocenters. The smallest absolute Gasteiger partial charge is 0.344 e. The van der Waals surface area contributed by atoms with Crippen molar-refractivity contribution in [3.05, 3.63) is 29.3 Å². The molecule has 0 amide bonds. The predicted octanol–water partition coefficient (Wildman–Crippen LogP) is 6.26. The van der Waals surface area contributed by atoms with Crippen LogP contribution < -0.4 is 4.74 Å². The molecule has 35 heavy (non-hydrogen) atoms. The Hall–Kier alpha value is -1.59. The summed E-state index contributed by atoms with van der Waals surface area (Å²) in [5, 5.41) is 21.0. The zero-order chi connectivity index (χ0) is 26.0. The Kier molecular flexibility index (Phi) is 12.0. The first-order valence-electron chi connectivity index (χ1n) is 13.9. The lowest BCUT2D eigenvalue weighted by Gasteiger charge is -2.27. The maximum absolute atomic E-state index is 12.3. The number of hydrogen-bond acceptors (Lipinski definition) is 5. The van der Waals surface area contributed by atoms with Gasteiger partial charge in [-0.1, -0.05) is 66.0 Å². The van der Waals surface area contributed by atoms with Gasteiger partial charge in [0, 0.05) is 0 Å². The van der Waals surface area contributed by atoms with Crippen molar-refractivity contribution in [2.45, 2.75) is 124 Å². The molecule has 1 aromatic rings. The normalized spacial score (nSPS) is 22.1. The molecular formula is C30H50O5. The number of unbranched alkanes of at least 4 members (excludes halogenated alkanes) is 2. The van der Waals surface area contributed by atoms with Crippen LogP contribution in [0.3, 0.4) is 0 Å². The molecule has 2 rings (SSSR count). The summed E-state index contributed by atoms with van der Waals surface area (Å²) < 4.78 is 11.5. The van der Waals surface area contributed by atoms with Crippen molar-refractivity contribution in [3.63, 3.8) is 0 Å². The average Bonchev–Trinajstić information content (AvgIpc) is 3.14. The highest BCUT2D eigenvalue weighted by atomic mass is 16.6. The minimum Gasteiger partial charge on any atom is -0.482 e. The van der Waals surface area contributed by atoms with E-state index in [0.29, 0.717) is 5.92 Å². The Bertz CT molecular complexity index is 769. The Labute approximate surface area is 213 Å². The van der Waals surface area contributed by atoms with Gasteiger partial charge < -0.3 is 19.7 Å². The zero-order valence-corrected chi connectivity index (χ0v) is 23.0. The van der Waals surface area contributed by atoms with Crippen LogP contribution in [-0.4, -0.2) is 41.1 Å². The van der Waals surface area contributed by atoms with Gasteiger partial charge in [-0.2, -0.15) is 0 Å². The van der Waals surface area contributed by atoms with Gasteiger partial charge in [0.1, 0.15) is 11.9 Å². The molecule has 0 heterocycles. The molecule has 0 saturated heterocycles. The molecule has 0 bridgehead atoms. The molecule has 0 spiro atoms. The molecule has 5 atom stereocenters. The molecule has 0 aromatic heterocycles. The van der Waals surface area contributed by atoms with Gasteiger partial charge in [-0.3, -0.25) is 0 Å². The van der Waals surface area contributed by atoms with Gasteiger partial charge in [0.15, 0.2) is 6.61 Å². The van der Waals surface area contributed by atoms with Crippen LogP contribution in [0.4, 0.5) is 0 Å². The van der Waals surface area contributed by atoms with Crippen LogP contribution in [-0.2, 0) is 22.4 Å². The maximum Gasteiger partial charge on any atom is 0.344 e. The number of carbonyl (C=O) groups is 1. The first-order valence-corrected chi connectivity index (χ1v) is 13.9. The second-order valence-corrected chi connectivity index (χ2v) is 11.5. The highest BCUT2D eigenvalue weighted by Gasteiger charge is 2.35. The molecule has 0 radical (unpaired) electrons. The van der Waals surface area contributed by atoms with E-state index in [-0.39, 0.29) is 42.2 Å². The maximum atomic E-state index is 12.3. The molecule has 5 nitrogen and oxygen atoms in total. The fraction of sp³-hybridized carbons (Fsp3) is 0.767. The van der Waals surface area contributed by atoms with Gasteiger partial charge >= 0.3 is 5.97 Å². The number of rotatable bonds is 14. The molecule has 200 valence electrons. The van der Waals surface area contributed by atoms with E-state index in [1.54, 1.807) is 0 Å². The number of ether oxygens (including phenoxy) is 2. The molecule has 1 saturated carbocycles. The van der Waals surface area contributed by atoms with Crippen LogP contribution in [0.5, 0.6) is 5.75 Å². The van der Waals surface area contributed by atoms with E-state index in [4.69, 9.17) is 9.47 Å². The van der Waals surface area contributed by atoms with E-state index < -0.39 is 0 Å². The lowest BCUT2D eigenvalue weighted by Crippen LogP contribution is -2.30. The van der Waals surface area contributed by atoms with E-state index in [0.717, 1.165) is 75.5 Å². The number of hydrogen-bond donors (Lipinski definition) is 2. The molecule has 1 aliphatic rings. The topological polar surface area (TPSA) is 76.0 Å². The van der Waals surface area contributed by atoms with Crippen molar-refractivity contribution < 1.29 is 24.5 Å². The highest BCUT2D eigenvalue weighted by Crippen LogP contribution is 2.39. The van der Waals surface area contributed by atoms with Crippen molar-refractivity contribution in [2.24, 2.45) is 17.3 Å². The first-order chi connectivity index (χ1) is 16.6. The second-order valence-electron chi connectivity index (χ2n) is 11.5. The number of aliphatic hydroxyl groups is 2. The molecule has 1 aromatic carbocycles. The number of benzene rings is 1. The Morgan fingerprint density at radius 2 is 1.89 bits per heavy atom. The monoisotopic (exact) mass is 490 g/mol. The molecule has 1 aliphatic carbocycles. The summed E-state index contributed by atoms with van der Waals surface area (Å²) in [4.78, 5) is 12.3. The molecule has 1 fully saturated rings. The van der Waals surface area contributed by atoms with Crippen LogP contribution in [0.25, 0.3) is 0 Å². The molecule has 2 N–H and O–H groups in total. The number of carbonyl (C=O) groups excluding carboxylic acids is 1. The van der Waals surface area contributed by atoms with Crippen LogP contribution in [0.1, 0.15) is 104 Å². The minimum atomic E-state index is -0.351. The van der Waals surface area contributed by atoms with E-state index in [1.807, 2.05) is 39.8 Å². The largest absolute Gasteiger partial charge is 0.482 e. The Morgan fingerprint density at radius 3 is 2.54 bits per heavy atom. The summed E-state index contributed by atoms with van der Waals surface area (Å²) in [6, 6.07) is 6.06. The molecular weight excluding hydrogens is 440 g/mol. The summed E-state index contributed by atoms with van der Waals surface area (Å²) in [5.74, 6) is 1.01. The Balaban J connectivity index is 1.99. The summed E-state index contributed by atoms with van der Waals surface area (Å²) in [6.45, 7) is 12.2. The van der Waals surface area contributed by atoms with E-state index in [1.165, 1.54) is 5.56 Å². The fourth-order valence-corrected chi connectivity index (χ4v) is 5.13. The third kappa shape index (κ3) is 9.42. The van der Waals surface area contributed by atoms with E-state index in [2.05, 4.69) is 19.9 Å². The lowest BCUT2D eigenvalue weighted by atomic mass is 9.83. The summed E-state index contributed by atoms with van der Waals surface area (Å²) in [7, 11) is 0. The summed E-state index contributed by atoms with van der Waals surface area (Å²) >= 11 is 0. The van der Waals surface area contributed by atoms with E-state index in [9.17, 15) is 15.0 Å². The zero-order valence-electron chi connectivity index (χ0n) is 23.0. The van der Waals surface area contributed by atoms with Gasteiger partial charge in [-0.05, 0) is 86.3 Å². The van der Waals surface area contributed by atoms with Crippen molar-refractivity contribution in [1.82, 2.24) is 0 Å². The van der Waals surface area contributed by atoms with Gasteiger partial charge in [0.2, 0.25) is 0 Å². The number of esters is 1. The first kappa shape index (κ1) is 29.6. The Morgan fingerprint density at radius 1 is 1.14 bits per heavy atom. The van der Waals surface area contributed by atoms with Crippen LogP contribution >= 0.6 is 0 Å². The lowest BCUT2D eigenvalue weighted by molar-refractivity contribution is -0.155. The summed E-state index contributed by atoms with van der Waals surface area (Å²) in [5.41, 5.74) is 2.25. The van der Waals surface area contributed by atoms with Crippen molar-refractivity contribution in [1.29, 1.82) is 0 Å². The minimum absolute atomic E-state index is 0.0996. The van der Waals surface area contributed by atoms with Crippen LogP contribution in [0, 0.1) is 17.3 Å². The predicted molar refractivity (Wildman–Crippen MR) is 142 cm³/mol. The van der Waals surface area contributed by atoms with Crippen molar-refractivity contribution in [3.8, 4) is 5.75 Å². The number of aliphatic hydroxyl groups excluding tert-OH is 2.